The molecule has 0 saturated heterocycles. The molecule has 0 aliphatic carbocycles. The van der Waals surface area contributed by atoms with E-state index in [0.29, 0.717) is 22.8 Å². The summed E-state index contributed by atoms with van der Waals surface area (Å²) in [5.41, 5.74) is 4.11. The molecule has 0 bridgehead atoms. The van der Waals surface area contributed by atoms with Crippen LogP contribution < -0.4 is 21.0 Å². The fourth-order valence-electron chi connectivity index (χ4n) is 3.64. The van der Waals surface area contributed by atoms with Crippen LogP contribution >= 0.6 is 11.8 Å². The maximum atomic E-state index is 13.1. The van der Waals surface area contributed by atoms with Crippen LogP contribution in [0, 0.1) is 6.92 Å². The number of aromatic hydroxyl groups is 1. The number of nitrogens with one attached hydrogen (secondary N) is 2. The number of aromatic amines is 1. The molecule has 1 amide bonds. The molecular weight excluding hydrogens is 543 g/mol. The average molecular weight is 566 g/mol. The number of carbonyl (C=O) groups excluding carboxylic acids is 2. The summed E-state index contributed by atoms with van der Waals surface area (Å²) in [6.45, 7) is 1.60. The molecule has 1 aliphatic rings. The smallest absolute Gasteiger partial charge is 0.430 e. The zero-order chi connectivity index (χ0) is 28.9. The number of rotatable bonds is 6. The molecule has 14 heteroatoms. The van der Waals surface area contributed by atoms with Crippen molar-refractivity contribution in [3.63, 3.8) is 0 Å². The highest BCUT2D eigenvalue weighted by molar-refractivity contribution is 7.98. The number of halogens is 3. The van der Waals surface area contributed by atoms with Gasteiger partial charge in [0.1, 0.15) is 23.8 Å². The summed E-state index contributed by atoms with van der Waals surface area (Å²) in [5, 5.41) is 30.3. The fourth-order valence-corrected chi connectivity index (χ4v) is 4.78. The Hall–Kier alpha value is -4.33. The van der Waals surface area contributed by atoms with Crippen LogP contribution in [-0.2, 0) is 27.6 Å². The molecule has 10 nitrogen and oxygen atoms in total. The summed E-state index contributed by atoms with van der Waals surface area (Å²) in [6, 6.07) is 12.0. The first kappa shape index (κ1) is 29.2. The third kappa shape index (κ3) is 7.16. The standard InChI is InChI=1S/C23H21N3O5S.C2HF3O2/c1-13-2-5-15(6-3-13)17-7-4-14(8-24-17)10-26-18-12-32-11-16(18)21(29)20(23(26)31)22(30)25-9-19(27)28;3-2(4,5)1(6)7/h2-8,29H,9-12H2,1H3,(H,25,30)(H,27,28);(H,6,7). The predicted molar refractivity (Wildman–Crippen MR) is 131 cm³/mol. The Morgan fingerprint density at radius 1 is 1.13 bits per heavy atom. The van der Waals surface area contributed by atoms with Gasteiger partial charge in [0.2, 0.25) is 5.69 Å². The van der Waals surface area contributed by atoms with E-state index >= 15 is 0 Å². The average Bonchev–Trinajstić information content (AvgIpc) is 3.36. The summed E-state index contributed by atoms with van der Waals surface area (Å²) in [4.78, 5) is 48.4. The quantitative estimate of drug-likeness (QED) is 0.402. The number of nitrogens with zero attached hydrogens (tertiary/aromatic N) is 1. The Balaban J connectivity index is 0.000000532. The van der Waals surface area contributed by atoms with Crippen LogP contribution in [-0.4, -0.2) is 45.3 Å². The lowest BCUT2D eigenvalue weighted by molar-refractivity contribution is -0.365. The number of thioether (sulfide) groups is 1. The first-order valence-electron chi connectivity index (χ1n) is 11.2. The number of benzene rings is 1. The highest BCUT2D eigenvalue weighted by Crippen LogP contribution is 2.36. The fraction of sp³-hybridized carbons (Fsp3) is 0.240. The molecule has 2 aromatic heterocycles. The number of pyridine rings is 2. The van der Waals surface area contributed by atoms with E-state index in [0.717, 1.165) is 16.8 Å². The normalized spacial score (nSPS) is 12.2. The van der Waals surface area contributed by atoms with Crippen molar-refractivity contribution in [2.75, 3.05) is 6.54 Å². The second-order valence-electron chi connectivity index (χ2n) is 8.37. The van der Waals surface area contributed by atoms with E-state index in [1.807, 2.05) is 49.5 Å². The first-order chi connectivity index (χ1) is 18.3. The molecule has 0 unspecified atom stereocenters. The van der Waals surface area contributed by atoms with Gasteiger partial charge in [0, 0.05) is 40.0 Å². The van der Waals surface area contributed by atoms with Crippen LogP contribution in [0.2, 0.25) is 0 Å². The van der Waals surface area contributed by atoms with E-state index in [1.165, 1.54) is 21.9 Å². The van der Waals surface area contributed by atoms with Gasteiger partial charge in [0.15, 0.2) is 6.20 Å². The van der Waals surface area contributed by atoms with Gasteiger partial charge >= 0.3 is 12.1 Å². The van der Waals surface area contributed by atoms with Crippen LogP contribution in [0.3, 0.4) is 0 Å². The van der Waals surface area contributed by atoms with Gasteiger partial charge in [-0.05, 0) is 25.1 Å². The highest BCUT2D eigenvalue weighted by Gasteiger charge is 2.29. The van der Waals surface area contributed by atoms with Gasteiger partial charge in [0.05, 0.1) is 6.54 Å². The van der Waals surface area contributed by atoms with Crippen molar-refractivity contribution in [1.29, 1.82) is 0 Å². The summed E-state index contributed by atoms with van der Waals surface area (Å²) in [6.07, 6.45) is -3.38. The van der Waals surface area contributed by atoms with E-state index in [1.54, 1.807) is 0 Å². The topological polar surface area (TPSA) is 163 Å². The van der Waals surface area contributed by atoms with Crippen LogP contribution in [0.1, 0.15) is 32.7 Å². The Morgan fingerprint density at radius 2 is 1.77 bits per heavy atom. The number of aromatic nitrogens is 2. The van der Waals surface area contributed by atoms with Crippen molar-refractivity contribution in [3.8, 4) is 17.0 Å². The molecule has 39 heavy (non-hydrogen) atoms. The SMILES string of the molecule is Cc1ccc(-c2ccc(Cn3c4c(c(O)c(C(=O)NCC(=O)O)c3=O)CSC4)c[nH+]2)cc1.O=C([O-])C(F)(F)F. The van der Waals surface area contributed by atoms with Crippen molar-refractivity contribution in [3.05, 3.63) is 80.9 Å². The van der Waals surface area contributed by atoms with Crippen molar-refractivity contribution < 1.29 is 47.9 Å². The third-order valence-corrected chi connectivity index (χ3v) is 6.55. The first-order valence-corrected chi connectivity index (χ1v) is 12.4. The van der Waals surface area contributed by atoms with Gasteiger partial charge in [-0.25, -0.2) is 4.98 Å². The summed E-state index contributed by atoms with van der Waals surface area (Å²) >= 11 is 1.54. The minimum atomic E-state index is -5.19. The van der Waals surface area contributed by atoms with Crippen molar-refractivity contribution in [2.45, 2.75) is 31.2 Å². The summed E-state index contributed by atoms with van der Waals surface area (Å²) in [5.74, 6) is -4.49. The number of carboxylic acids is 2. The number of H-pyrrole nitrogens is 1. The number of hydrogen-bond donors (Lipinski definition) is 3. The van der Waals surface area contributed by atoms with Gasteiger partial charge in [-0.15, -0.1) is 0 Å². The molecule has 206 valence electrons. The van der Waals surface area contributed by atoms with Crippen molar-refractivity contribution in [1.82, 2.24) is 9.88 Å². The molecule has 0 radical (unpaired) electrons. The van der Waals surface area contributed by atoms with E-state index in [-0.39, 0.29) is 12.3 Å². The number of amides is 1. The number of fused-ring (bicyclic) bond motifs is 1. The molecule has 1 aliphatic heterocycles. The Morgan fingerprint density at radius 3 is 2.31 bits per heavy atom. The number of alkyl halides is 3. The second-order valence-corrected chi connectivity index (χ2v) is 9.36. The van der Waals surface area contributed by atoms with Crippen molar-refractivity contribution >= 4 is 29.6 Å². The van der Waals surface area contributed by atoms with Gasteiger partial charge in [-0.3, -0.25) is 14.4 Å². The number of aryl methyl sites for hydroxylation is 1. The molecule has 4 rings (SSSR count). The molecule has 0 fully saturated rings. The number of carboxylic acid groups (broad SMARTS) is 2. The zero-order valence-electron chi connectivity index (χ0n) is 20.3. The molecule has 3 aromatic rings. The van der Waals surface area contributed by atoms with Crippen LogP contribution in [0.5, 0.6) is 5.75 Å². The van der Waals surface area contributed by atoms with E-state index < -0.39 is 41.7 Å². The number of aliphatic carboxylic acids is 2. The molecule has 0 saturated carbocycles. The van der Waals surface area contributed by atoms with E-state index in [2.05, 4.69) is 10.3 Å². The molecule has 0 atom stereocenters. The Labute approximate surface area is 223 Å². The monoisotopic (exact) mass is 565 g/mol. The minimum Gasteiger partial charge on any atom is -0.542 e. The lowest BCUT2D eigenvalue weighted by Crippen LogP contribution is -2.37. The minimum absolute atomic E-state index is 0.214. The molecule has 4 N–H and O–H groups in total. The van der Waals surface area contributed by atoms with Gasteiger partial charge in [-0.2, -0.15) is 24.9 Å². The summed E-state index contributed by atoms with van der Waals surface area (Å²) < 4.78 is 33.0. The maximum Gasteiger partial charge on any atom is 0.430 e. The Bertz CT molecular complexity index is 1450. The van der Waals surface area contributed by atoms with E-state index in [9.17, 15) is 32.7 Å². The molecule has 0 spiro atoms. The third-order valence-electron chi connectivity index (χ3n) is 5.58. The van der Waals surface area contributed by atoms with Gasteiger partial charge in [-0.1, -0.05) is 17.7 Å². The lowest BCUT2D eigenvalue weighted by Gasteiger charge is -2.15. The highest BCUT2D eigenvalue weighted by atomic mass is 32.2. The van der Waals surface area contributed by atoms with Crippen LogP contribution in [0.25, 0.3) is 11.3 Å². The number of carbonyl (C=O) groups is 3. The second kappa shape index (κ2) is 12.0. The molecule has 3 heterocycles. The Kier molecular flexibility index (Phi) is 9.01. The van der Waals surface area contributed by atoms with Crippen LogP contribution in [0.4, 0.5) is 13.2 Å². The maximum absolute atomic E-state index is 13.1. The lowest BCUT2D eigenvalue weighted by atomic mass is 10.1. The predicted octanol–water partition coefficient (Wildman–Crippen LogP) is 1.25. The van der Waals surface area contributed by atoms with Crippen molar-refractivity contribution in [2.24, 2.45) is 0 Å². The summed E-state index contributed by atoms with van der Waals surface area (Å²) in [7, 11) is 0. The zero-order valence-corrected chi connectivity index (χ0v) is 21.1. The van der Waals surface area contributed by atoms with Gasteiger partial charge < -0.3 is 30.0 Å². The van der Waals surface area contributed by atoms with E-state index in [4.69, 9.17) is 15.0 Å². The van der Waals surface area contributed by atoms with Gasteiger partial charge in [0.25, 0.3) is 11.5 Å². The van der Waals surface area contributed by atoms with Crippen LogP contribution in [0.15, 0.2) is 47.4 Å². The molecular formula is C25H22F3N3O7S. The number of hydrogen-bond acceptors (Lipinski definition) is 7. The largest absolute Gasteiger partial charge is 0.542 e. The molecule has 1 aromatic carbocycles.